The summed E-state index contributed by atoms with van der Waals surface area (Å²) in [4.78, 5) is 22.5. The standard InChI is InChI=1S/H3NO3S.H3O4P/c2-1-5(3)4;1-5(2,3)4/h2,5H,(H,1,3,4);(H3,1,2,3,4). The molecular formula is H6NO7PS. The van der Waals surface area contributed by atoms with Crippen LogP contribution in [0.1, 0.15) is 0 Å². The molecule has 0 aromatic carbocycles. The molecule has 0 saturated carbocycles. The number of phosphoric acid groups is 1. The molecule has 0 aromatic heterocycles. The predicted molar refractivity (Wildman–Crippen MR) is 29.5 cm³/mol. The van der Waals surface area contributed by atoms with E-state index in [4.69, 9.17) is 32.9 Å². The first kappa shape index (κ1) is 12.6. The van der Waals surface area contributed by atoms with Gasteiger partial charge in [-0.15, -0.1) is 0 Å². The summed E-state index contributed by atoms with van der Waals surface area (Å²) < 4.78 is 27.0. The van der Waals surface area contributed by atoms with Crippen LogP contribution in [0.2, 0.25) is 0 Å². The SMILES string of the molecule is O=P(O)(O)O.O=[SH](=O)NO. The van der Waals surface area contributed by atoms with Gasteiger partial charge in [-0.3, -0.25) is 0 Å². The molecule has 10 heteroatoms. The summed E-state index contributed by atoms with van der Waals surface area (Å²) in [5, 5.41) is 7.30. The zero-order valence-corrected chi connectivity index (χ0v) is 6.20. The number of hydrogen-bond acceptors (Lipinski definition) is 4. The zero-order valence-electron chi connectivity index (χ0n) is 4.41. The fourth-order valence-electron chi connectivity index (χ4n) is 0. The second-order valence-corrected chi connectivity index (χ2v) is 2.61. The third-order valence-corrected chi connectivity index (χ3v) is 0.245. The maximum Gasteiger partial charge on any atom is 0.466 e. The van der Waals surface area contributed by atoms with E-state index < -0.39 is 18.7 Å². The van der Waals surface area contributed by atoms with Gasteiger partial charge in [-0.1, -0.05) is 4.89 Å². The third kappa shape index (κ3) is 99.2. The Hall–Kier alpha value is -0.0200. The molecule has 0 spiro atoms. The Morgan fingerprint density at radius 1 is 1.20 bits per heavy atom. The van der Waals surface area contributed by atoms with Crippen LogP contribution in [-0.2, 0) is 15.5 Å². The summed E-state index contributed by atoms with van der Waals surface area (Å²) >= 11 is 0. The van der Waals surface area contributed by atoms with Gasteiger partial charge in [0.25, 0.3) is 0 Å². The highest BCUT2D eigenvalue weighted by Crippen LogP contribution is 2.25. The quantitative estimate of drug-likeness (QED) is 0.155. The highest BCUT2D eigenvalue weighted by Gasteiger charge is 2.00. The van der Waals surface area contributed by atoms with Gasteiger partial charge < -0.3 is 19.9 Å². The molecule has 0 heterocycles. The molecule has 0 aliphatic carbocycles. The van der Waals surface area contributed by atoms with E-state index in [1.807, 2.05) is 0 Å². The molecule has 0 radical (unpaired) electrons. The molecule has 0 saturated heterocycles. The Morgan fingerprint density at radius 3 is 1.30 bits per heavy atom. The van der Waals surface area contributed by atoms with Crippen molar-refractivity contribution in [3.63, 3.8) is 0 Å². The van der Waals surface area contributed by atoms with Crippen molar-refractivity contribution >= 4 is 18.7 Å². The van der Waals surface area contributed by atoms with Crippen molar-refractivity contribution in [3.8, 4) is 0 Å². The van der Waals surface area contributed by atoms with E-state index in [2.05, 4.69) is 0 Å². The van der Waals surface area contributed by atoms with Gasteiger partial charge in [0.15, 0.2) is 0 Å². The van der Waals surface area contributed by atoms with E-state index in [9.17, 15) is 0 Å². The fraction of sp³-hybridized carbons (Fsp3) is 0. The zero-order chi connectivity index (χ0) is 8.78. The van der Waals surface area contributed by atoms with Crippen LogP contribution in [0.5, 0.6) is 0 Å². The minimum absolute atomic E-state index is 0.981. The molecule has 0 rings (SSSR count). The van der Waals surface area contributed by atoms with Gasteiger partial charge in [0.2, 0.25) is 10.9 Å². The summed E-state index contributed by atoms with van der Waals surface area (Å²) in [5.41, 5.74) is 0. The van der Waals surface area contributed by atoms with E-state index >= 15 is 0 Å². The second kappa shape index (κ2) is 5.74. The molecule has 64 valence electrons. The van der Waals surface area contributed by atoms with Crippen LogP contribution >= 0.6 is 7.82 Å². The minimum atomic E-state index is -4.64. The maximum atomic E-state index is 9.04. The topological polar surface area (TPSA) is 144 Å². The van der Waals surface area contributed by atoms with Crippen LogP contribution in [-0.4, -0.2) is 28.3 Å². The van der Waals surface area contributed by atoms with Gasteiger partial charge in [-0.05, 0) is 0 Å². The summed E-state index contributed by atoms with van der Waals surface area (Å²) in [7, 11) is -7.43. The van der Waals surface area contributed by atoms with E-state index in [0.717, 1.165) is 4.89 Å². The van der Waals surface area contributed by atoms with Crippen molar-refractivity contribution in [2.24, 2.45) is 0 Å². The summed E-state index contributed by atoms with van der Waals surface area (Å²) in [6.07, 6.45) is 0. The smallest absolute Gasteiger partial charge is 0.303 e. The fourth-order valence-corrected chi connectivity index (χ4v) is 0. The Balaban J connectivity index is 0. The van der Waals surface area contributed by atoms with Crippen molar-refractivity contribution in [3.05, 3.63) is 0 Å². The van der Waals surface area contributed by atoms with E-state index in [-0.39, 0.29) is 0 Å². The van der Waals surface area contributed by atoms with Crippen molar-refractivity contribution < 1.29 is 32.9 Å². The van der Waals surface area contributed by atoms with Gasteiger partial charge in [-0.2, -0.15) is 0 Å². The van der Waals surface area contributed by atoms with Gasteiger partial charge >= 0.3 is 7.82 Å². The number of rotatable bonds is 1. The van der Waals surface area contributed by atoms with Crippen molar-refractivity contribution in [2.45, 2.75) is 0 Å². The predicted octanol–water partition coefficient (Wildman–Crippen LogP) is -2.44. The molecule has 8 nitrogen and oxygen atoms in total. The molecule has 0 atom stereocenters. The van der Waals surface area contributed by atoms with E-state index in [0.29, 0.717) is 0 Å². The lowest BCUT2D eigenvalue weighted by atomic mass is 13.5. The van der Waals surface area contributed by atoms with Gasteiger partial charge in [0.05, 0.1) is 0 Å². The second-order valence-electron chi connectivity index (χ2n) is 0.870. The molecule has 0 aliphatic heterocycles. The number of hydrogen-bond donors (Lipinski definition) is 6. The average Bonchev–Trinajstić information content (AvgIpc) is 1.61. The van der Waals surface area contributed by atoms with Crippen LogP contribution in [0.3, 0.4) is 0 Å². The summed E-state index contributed by atoms with van der Waals surface area (Å²) in [5.74, 6) is 0. The molecule has 5 N–H and O–H groups in total. The van der Waals surface area contributed by atoms with Crippen molar-refractivity contribution in [2.75, 3.05) is 0 Å². The first-order valence-electron chi connectivity index (χ1n) is 1.59. The normalized spacial score (nSPS) is 10.5. The Kier molecular flexibility index (Phi) is 7.26. The lowest BCUT2D eigenvalue weighted by molar-refractivity contribution is 0.247. The van der Waals surface area contributed by atoms with Crippen LogP contribution < -0.4 is 4.89 Å². The summed E-state index contributed by atoms with van der Waals surface area (Å²) in [6.45, 7) is 0. The highest BCUT2D eigenvalue weighted by atomic mass is 32.2. The molecule has 0 bridgehead atoms. The molecule has 10 heavy (non-hydrogen) atoms. The van der Waals surface area contributed by atoms with Crippen LogP contribution in [0.15, 0.2) is 0 Å². The summed E-state index contributed by atoms with van der Waals surface area (Å²) in [6, 6.07) is 0. The lowest BCUT2D eigenvalue weighted by Crippen LogP contribution is -2.00. The monoisotopic (exact) mass is 195 g/mol. The largest absolute Gasteiger partial charge is 0.466 e. The van der Waals surface area contributed by atoms with E-state index in [1.165, 1.54) is 0 Å². The molecular weight excluding hydrogens is 189 g/mol. The first-order chi connectivity index (χ1) is 4.27. The van der Waals surface area contributed by atoms with Gasteiger partial charge in [0.1, 0.15) is 0 Å². The third-order valence-electron chi connectivity index (χ3n) is 0.0816. The van der Waals surface area contributed by atoms with Crippen LogP contribution in [0.4, 0.5) is 0 Å². The Labute approximate surface area is 57.4 Å². The molecule has 0 aliphatic rings. The highest BCUT2D eigenvalue weighted by molar-refractivity contribution is 7.70. The van der Waals surface area contributed by atoms with Crippen molar-refractivity contribution in [1.82, 2.24) is 4.89 Å². The van der Waals surface area contributed by atoms with Crippen molar-refractivity contribution in [1.29, 1.82) is 0 Å². The van der Waals surface area contributed by atoms with Crippen LogP contribution in [0.25, 0.3) is 0 Å². The number of nitrogens with one attached hydrogen (secondary N) is 1. The first-order valence-corrected chi connectivity index (χ1v) is 4.34. The Bertz CT molecular complexity index is 160. The molecule has 0 unspecified atom stereocenters. The van der Waals surface area contributed by atoms with Gasteiger partial charge in [-0.25, -0.2) is 13.0 Å². The molecule has 0 aromatic rings. The maximum absolute atomic E-state index is 9.04. The van der Waals surface area contributed by atoms with Crippen LogP contribution in [0, 0.1) is 0 Å². The average molecular weight is 195 g/mol. The molecule has 0 fully saturated rings. The minimum Gasteiger partial charge on any atom is -0.303 e. The molecule has 0 amide bonds. The Morgan fingerprint density at radius 2 is 1.30 bits per heavy atom. The number of thiol groups is 1. The lowest BCUT2D eigenvalue weighted by Gasteiger charge is -1.82. The van der Waals surface area contributed by atoms with E-state index in [1.54, 1.807) is 0 Å². The van der Waals surface area contributed by atoms with Gasteiger partial charge in [0, 0.05) is 0 Å².